The predicted octanol–water partition coefficient (Wildman–Crippen LogP) is 5.73. The highest BCUT2D eigenvalue weighted by atomic mass is 35.5. The van der Waals surface area contributed by atoms with Gasteiger partial charge in [-0.05, 0) is 43.2 Å². The SMILES string of the molecule is Cc1ccc(-c2csc(NC(=O)/C=C/c3ccc(Cl)cc3)n2)c(C)c1. The summed E-state index contributed by atoms with van der Waals surface area (Å²) in [5.41, 5.74) is 5.26. The van der Waals surface area contributed by atoms with Crippen LogP contribution in [0.2, 0.25) is 5.02 Å². The van der Waals surface area contributed by atoms with Gasteiger partial charge in [0.05, 0.1) is 5.69 Å². The quantitative estimate of drug-likeness (QED) is 0.597. The molecule has 0 saturated heterocycles. The molecule has 126 valence electrons. The minimum Gasteiger partial charge on any atom is -0.298 e. The third-order valence-corrected chi connectivity index (χ3v) is 4.70. The molecule has 0 aliphatic carbocycles. The Bertz CT molecular complexity index is 929. The van der Waals surface area contributed by atoms with Gasteiger partial charge in [0.15, 0.2) is 5.13 Å². The number of amides is 1. The number of thiazole rings is 1. The molecule has 0 saturated carbocycles. The third kappa shape index (κ3) is 4.56. The van der Waals surface area contributed by atoms with E-state index >= 15 is 0 Å². The zero-order valence-corrected chi connectivity index (χ0v) is 15.5. The average molecular weight is 369 g/mol. The van der Waals surface area contributed by atoms with Crippen LogP contribution in [0.4, 0.5) is 5.13 Å². The minimum atomic E-state index is -0.212. The molecular formula is C20H17ClN2OS. The molecule has 1 amide bonds. The van der Waals surface area contributed by atoms with Crippen molar-refractivity contribution in [3.8, 4) is 11.3 Å². The van der Waals surface area contributed by atoms with Crippen molar-refractivity contribution in [3.63, 3.8) is 0 Å². The van der Waals surface area contributed by atoms with Gasteiger partial charge in [-0.2, -0.15) is 0 Å². The molecule has 1 N–H and O–H groups in total. The molecule has 25 heavy (non-hydrogen) atoms. The van der Waals surface area contributed by atoms with Gasteiger partial charge in [0.2, 0.25) is 5.91 Å². The van der Waals surface area contributed by atoms with Crippen molar-refractivity contribution in [2.24, 2.45) is 0 Å². The summed E-state index contributed by atoms with van der Waals surface area (Å²) in [7, 11) is 0. The monoisotopic (exact) mass is 368 g/mol. The highest BCUT2D eigenvalue weighted by Crippen LogP contribution is 2.28. The number of carbonyl (C=O) groups excluding carboxylic acids is 1. The number of aromatic nitrogens is 1. The van der Waals surface area contributed by atoms with Gasteiger partial charge in [-0.1, -0.05) is 47.5 Å². The van der Waals surface area contributed by atoms with Crippen molar-refractivity contribution in [1.29, 1.82) is 0 Å². The fourth-order valence-electron chi connectivity index (χ4n) is 2.45. The second-order valence-corrected chi connectivity index (χ2v) is 7.02. The lowest BCUT2D eigenvalue weighted by molar-refractivity contribution is -0.111. The van der Waals surface area contributed by atoms with Crippen molar-refractivity contribution in [2.75, 3.05) is 5.32 Å². The normalized spacial score (nSPS) is 11.0. The Morgan fingerprint density at radius 2 is 1.92 bits per heavy atom. The summed E-state index contributed by atoms with van der Waals surface area (Å²) in [6, 6.07) is 13.5. The summed E-state index contributed by atoms with van der Waals surface area (Å²) < 4.78 is 0. The Morgan fingerprint density at radius 1 is 1.16 bits per heavy atom. The summed E-state index contributed by atoms with van der Waals surface area (Å²) in [5, 5.41) is 6.01. The summed E-state index contributed by atoms with van der Waals surface area (Å²) in [5.74, 6) is -0.212. The molecule has 0 radical (unpaired) electrons. The van der Waals surface area contributed by atoms with E-state index in [2.05, 4.69) is 42.3 Å². The van der Waals surface area contributed by atoms with Crippen LogP contribution in [0.3, 0.4) is 0 Å². The van der Waals surface area contributed by atoms with Crippen LogP contribution < -0.4 is 5.32 Å². The minimum absolute atomic E-state index is 0.212. The van der Waals surface area contributed by atoms with Gasteiger partial charge in [-0.25, -0.2) is 4.98 Å². The van der Waals surface area contributed by atoms with Crippen molar-refractivity contribution < 1.29 is 4.79 Å². The summed E-state index contributed by atoms with van der Waals surface area (Å²) in [4.78, 5) is 16.6. The molecule has 0 spiro atoms. The van der Waals surface area contributed by atoms with Gasteiger partial charge >= 0.3 is 0 Å². The first-order valence-corrected chi connectivity index (χ1v) is 9.05. The number of carbonyl (C=O) groups is 1. The molecule has 0 aliphatic rings. The second kappa shape index (κ2) is 7.64. The van der Waals surface area contributed by atoms with E-state index in [9.17, 15) is 4.79 Å². The number of rotatable bonds is 4. The molecule has 0 fully saturated rings. The van der Waals surface area contributed by atoms with Crippen molar-refractivity contribution >= 4 is 40.1 Å². The first kappa shape index (κ1) is 17.4. The number of nitrogens with one attached hydrogen (secondary N) is 1. The largest absolute Gasteiger partial charge is 0.298 e. The first-order valence-electron chi connectivity index (χ1n) is 7.79. The van der Waals surface area contributed by atoms with Crippen LogP contribution in [0.5, 0.6) is 0 Å². The van der Waals surface area contributed by atoms with Gasteiger partial charge < -0.3 is 0 Å². The van der Waals surface area contributed by atoms with Crippen LogP contribution in [0.1, 0.15) is 16.7 Å². The molecule has 3 aromatic rings. The van der Waals surface area contributed by atoms with E-state index in [1.54, 1.807) is 18.2 Å². The lowest BCUT2D eigenvalue weighted by Gasteiger charge is -2.03. The van der Waals surface area contributed by atoms with E-state index in [1.165, 1.54) is 28.5 Å². The molecular weight excluding hydrogens is 352 g/mol. The molecule has 0 unspecified atom stereocenters. The van der Waals surface area contributed by atoms with E-state index < -0.39 is 0 Å². The van der Waals surface area contributed by atoms with E-state index in [0.717, 1.165) is 16.8 Å². The van der Waals surface area contributed by atoms with Gasteiger partial charge in [0.25, 0.3) is 0 Å². The highest BCUT2D eigenvalue weighted by molar-refractivity contribution is 7.14. The predicted molar refractivity (Wildman–Crippen MR) is 106 cm³/mol. The van der Waals surface area contributed by atoms with E-state index in [4.69, 9.17) is 11.6 Å². The van der Waals surface area contributed by atoms with Crippen LogP contribution in [0.25, 0.3) is 17.3 Å². The molecule has 2 aromatic carbocycles. The highest BCUT2D eigenvalue weighted by Gasteiger charge is 2.08. The van der Waals surface area contributed by atoms with Crippen LogP contribution in [-0.4, -0.2) is 10.9 Å². The van der Waals surface area contributed by atoms with Gasteiger partial charge in [0, 0.05) is 22.0 Å². The summed E-state index contributed by atoms with van der Waals surface area (Å²) in [6.07, 6.45) is 3.23. The maximum atomic E-state index is 12.1. The number of anilines is 1. The molecule has 1 heterocycles. The lowest BCUT2D eigenvalue weighted by atomic mass is 10.0. The third-order valence-electron chi connectivity index (χ3n) is 3.69. The fraction of sp³-hybridized carbons (Fsp3) is 0.100. The number of hydrogen-bond acceptors (Lipinski definition) is 3. The van der Waals surface area contributed by atoms with E-state index in [-0.39, 0.29) is 5.91 Å². The molecule has 0 atom stereocenters. The molecule has 0 aliphatic heterocycles. The standard InChI is InChI=1S/C20H17ClN2OS/c1-13-3-9-17(14(2)11-13)18-12-25-20(22-18)23-19(24)10-6-15-4-7-16(21)8-5-15/h3-12H,1-2H3,(H,22,23,24)/b10-6+. The number of halogens is 1. The Labute approximate surface area is 156 Å². The summed E-state index contributed by atoms with van der Waals surface area (Å²) >= 11 is 7.26. The van der Waals surface area contributed by atoms with Crippen molar-refractivity contribution in [3.05, 3.63) is 75.6 Å². The Kier molecular flexibility index (Phi) is 5.31. The van der Waals surface area contributed by atoms with Gasteiger partial charge in [-0.15, -0.1) is 11.3 Å². The lowest BCUT2D eigenvalue weighted by Crippen LogP contribution is -2.07. The zero-order chi connectivity index (χ0) is 17.8. The zero-order valence-electron chi connectivity index (χ0n) is 13.9. The molecule has 1 aromatic heterocycles. The van der Waals surface area contributed by atoms with Crippen molar-refractivity contribution in [1.82, 2.24) is 4.98 Å². The fourth-order valence-corrected chi connectivity index (χ4v) is 3.29. The smallest absolute Gasteiger partial charge is 0.250 e. The summed E-state index contributed by atoms with van der Waals surface area (Å²) in [6.45, 7) is 4.13. The van der Waals surface area contributed by atoms with Crippen LogP contribution in [0.15, 0.2) is 53.9 Å². The van der Waals surface area contributed by atoms with E-state index in [0.29, 0.717) is 10.2 Å². The van der Waals surface area contributed by atoms with Crippen LogP contribution in [0, 0.1) is 13.8 Å². The Hall–Kier alpha value is -2.43. The first-order chi connectivity index (χ1) is 12.0. The Morgan fingerprint density at radius 3 is 2.64 bits per heavy atom. The topological polar surface area (TPSA) is 42.0 Å². The number of benzene rings is 2. The molecule has 3 nitrogen and oxygen atoms in total. The van der Waals surface area contributed by atoms with E-state index in [1.807, 2.05) is 17.5 Å². The van der Waals surface area contributed by atoms with Gasteiger partial charge in [-0.3, -0.25) is 10.1 Å². The number of nitrogens with zero attached hydrogens (tertiary/aromatic N) is 1. The molecule has 3 rings (SSSR count). The second-order valence-electron chi connectivity index (χ2n) is 5.73. The number of aryl methyl sites for hydroxylation is 2. The maximum absolute atomic E-state index is 12.1. The average Bonchev–Trinajstić information content (AvgIpc) is 3.02. The van der Waals surface area contributed by atoms with Gasteiger partial charge in [0.1, 0.15) is 0 Å². The van der Waals surface area contributed by atoms with Crippen LogP contribution in [-0.2, 0) is 4.79 Å². The maximum Gasteiger partial charge on any atom is 0.250 e. The van der Waals surface area contributed by atoms with Crippen LogP contribution >= 0.6 is 22.9 Å². The molecule has 5 heteroatoms. The number of hydrogen-bond donors (Lipinski definition) is 1. The van der Waals surface area contributed by atoms with Crippen molar-refractivity contribution in [2.45, 2.75) is 13.8 Å². The Balaban J connectivity index is 1.68. The molecule has 0 bridgehead atoms.